The van der Waals surface area contributed by atoms with Gasteiger partial charge in [0.15, 0.2) is 17.3 Å². The standard InChI is InChI=1S/C21H25FN2O2/c1-25-19-8-4-7-17(22)21(19)26-20-16-6-3-2-5-15(16)11-18(20)24-10-9-14(12-23)13-24/h2-8,14,18,20H,9-13,23H2,1H3/t14?,18-,20-/m1/s1. The van der Waals surface area contributed by atoms with Crippen molar-refractivity contribution in [3.05, 3.63) is 59.4 Å². The summed E-state index contributed by atoms with van der Waals surface area (Å²) in [5.74, 6) is 0.752. The van der Waals surface area contributed by atoms with E-state index >= 15 is 0 Å². The molecule has 1 saturated heterocycles. The Hall–Kier alpha value is -2.11. The summed E-state index contributed by atoms with van der Waals surface area (Å²) in [5, 5.41) is 0. The third-order valence-corrected chi connectivity index (χ3v) is 5.66. The Morgan fingerprint density at radius 3 is 2.81 bits per heavy atom. The molecule has 0 amide bonds. The molecule has 4 nitrogen and oxygen atoms in total. The number of nitrogens with zero attached hydrogens (tertiary/aromatic N) is 1. The molecule has 1 fully saturated rings. The van der Waals surface area contributed by atoms with Gasteiger partial charge in [0.25, 0.3) is 0 Å². The van der Waals surface area contributed by atoms with Crippen LogP contribution in [0, 0.1) is 11.7 Å². The molecule has 0 spiro atoms. The normalized spacial score (nSPS) is 25.3. The molecular formula is C21H25FN2O2. The van der Waals surface area contributed by atoms with E-state index in [9.17, 15) is 4.39 Å². The van der Waals surface area contributed by atoms with Crippen molar-refractivity contribution in [2.45, 2.75) is 25.0 Å². The third-order valence-electron chi connectivity index (χ3n) is 5.66. The van der Waals surface area contributed by atoms with Gasteiger partial charge in [0.05, 0.1) is 13.2 Å². The van der Waals surface area contributed by atoms with Crippen LogP contribution in [0.4, 0.5) is 4.39 Å². The lowest BCUT2D eigenvalue weighted by Gasteiger charge is -2.30. The molecule has 138 valence electrons. The van der Waals surface area contributed by atoms with E-state index in [1.54, 1.807) is 12.1 Å². The predicted octanol–water partition coefficient (Wildman–Crippen LogP) is 3.16. The van der Waals surface area contributed by atoms with E-state index in [2.05, 4.69) is 23.1 Å². The second-order valence-corrected chi connectivity index (χ2v) is 7.17. The molecular weight excluding hydrogens is 331 g/mol. The van der Waals surface area contributed by atoms with E-state index in [0.29, 0.717) is 18.2 Å². The number of ether oxygens (including phenoxy) is 2. The van der Waals surface area contributed by atoms with Gasteiger partial charge in [-0.15, -0.1) is 0 Å². The fraction of sp³-hybridized carbons (Fsp3) is 0.429. The lowest BCUT2D eigenvalue weighted by atomic mass is 10.1. The minimum absolute atomic E-state index is 0.188. The van der Waals surface area contributed by atoms with Crippen molar-refractivity contribution >= 4 is 0 Å². The summed E-state index contributed by atoms with van der Waals surface area (Å²) in [6, 6.07) is 13.3. The largest absolute Gasteiger partial charge is 0.493 e. The number of fused-ring (bicyclic) bond motifs is 1. The maximum Gasteiger partial charge on any atom is 0.197 e. The minimum Gasteiger partial charge on any atom is -0.493 e. The second kappa shape index (κ2) is 7.25. The maximum absolute atomic E-state index is 14.5. The van der Waals surface area contributed by atoms with Crippen LogP contribution in [-0.4, -0.2) is 37.7 Å². The van der Waals surface area contributed by atoms with Crippen molar-refractivity contribution in [3.8, 4) is 11.5 Å². The van der Waals surface area contributed by atoms with Crippen LogP contribution in [0.1, 0.15) is 23.7 Å². The Bertz CT molecular complexity index is 782. The van der Waals surface area contributed by atoms with Gasteiger partial charge in [0.1, 0.15) is 6.10 Å². The molecule has 0 bridgehead atoms. The van der Waals surface area contributed by atoms with Gasteiger partial charge < -0.3 is 15.2 Å². The SMILES string of the molecule is COc1cccc(F)c1O[C@@H]1c2ccccc2C[C@H]1N1CCC(CN)C1. The van der Waals surface area contributed by atoms with Crippen molar-refractivity contribution in [1.29, 1.82) is 0 Å². The highest BCUT2D eigenvalue weighted by Crippen LogP contribution is 2.42. The zero-order valence-corrected chi connectivity index (χ0v) is 15.0. The topological polar surface area (TPSA) is 47.7 Å². The van der Waals surface area contributed by atoms with Crippen LogP contribution in [0.25, 0.3) is 0 Å². The number of benzene rings is 2. The maximum atomic E-state index is 14.5. The Morgan fingerprint density at radius 2 is 2.04 bits per heavy atom. The van der Waals surface area contributed by atoms with Gasteiger partial charge in [-0.05, 0) is 55.1 Å². The van der Waals surface area contributed by atoms with E-state index in [1.807, 2.05) is 6.07 Å². The first kappa shape index (κ1) is 17.3. The summed E-state index contributed by atoms with van der Waals surface area (Å²) < 4.78 is 26.1. The molecule has 1 aliphatic heterocycles. The van der Waals surface area contributed by atoms with Crippen LogP contribution in [0.5, 0.6) is 11.5 Å². The molecule has 0 radical (unpaired) electrons. The lowest BCUT2D eigenvalue weighted by Crippen LogP contribution is -2.39. The first-order chi connectivity index (χ1) is 12.7. The molecule has 2 N–H and O–H groups in total. The Kier molecular flexibility index (Phi) is 4.83. The summed E-state index contributed by atoms with van der Waals surface area (Å²) >= 11 is 0. The fourth-order valence-electron chi connectivity index (χ4n) is 4.25. The van der Waals surface area contributed by atoms with Crippen molar-refractivity contribution in [3.63, 3.8) is 0 Å². The lowest BCUT2D eigenvalue weighted by molar-refractivity contribution is 0.0856. The number of hydrogen-bond acceptors (Lipinski definition) is 4. The molecule has 1 unspecified atom stereocenters. The summed E-state index contributed by atoms with van der Waals surface area (Å²) in [5.41, 5.74) is 8.28. The Labute approximate surface area is 153 Å². The molecule has 2 aromatic carbocycles. The Morgan fingerprint density at radius 1 is 1.19 bits per heavy atom. The third kappa shape index (κ3) is 3.06. The number of halogens is 1. The Balaban J connectivity index is 1.66. The average molecular weight is 356 g/mol. The second-order valence-electron chi connectivity index (χ2n) is 7.17. The van der Waals surface area contributed by atoms with Gasteiger partial charge in [-0.2, -0.15) is 0 Å². The van der Waals surface area contributed by atoms with Crippen LogP contribution in [0.2, 0.25) is 0 Å². The highest BCUT2D eigenvalue weighted by Gasteiger charge is 2.41. The van der Waals surface area contributed by atoms with E-state index in [0.717, 1.165) is 31.5 Å². The highest BCUT2D eigenvalue weighted by atomic mass is 19.1. The number of methoxy groups -OCH3 is 1. The first-order valence-electron chi connectivity index (χ1n) is 9.22. The van der Waals surface area contributed by atoms with Gasteiger partial charge in [0.2, 0.25) is 0 Å². The van der Waals surface area contributed by atoms with Gasteiger partial charge in [-0.3, -0.25) is 4.90 Å². The van der Waals surface area contributed by atoms with Gasteiger partial charge in [-0.1, -0.05) is 30.3 Å². The molecule has 1 heterocycles. The van der Waals surface area contributed by atoms with Crippen molar-refractivity contribution in [2.24, 2.45) is 11.7 Å². The quantitative estimate of drug-likeness (QED) is 0.894. The highest BCUT2D eigenvalue weighted by molar-refractivity contribution is 5.43. The van der Waals surface area contributed by atoms with Crippen molar-refractivity contribution < 1.29 is 13.9 Å². The van der Waals surface area contributed by atoms with Crippen molar-refractivity contribution in [2.75, 3.05) is 26.7 Å². The molecule has 1 aliphatic carbocycles. The summed E-state index contributed by atoms with van der Waals surface area (Å²) in [6.45, 7) is 2.70. The van der Waals surface area contributed by atoms with Crippen LogP contribution in [0.3, 0.4) is 0 Å². The van der Waals surface area contributed by atoms with Crippen LogP contribution in [0.15, 0.2) is 42.5 Å². The fourth-order valence-corrected chi connectivity index (χ4v) is 4.25. The van der Waals surface area contributed by atoms with E-state index in [1.165, 1.54) is 18.7 Å². The monoisotopic (exact) mass is 356 g/mol. The number of nitrogens with two attached hydrogens (primary N) is 1. The number of hydrogen-bond donors (Lipinski definition) is 1. The molecule has 3 atom stereocenters. The van der Waals surface area contributed by atoms with Crippen LogP contribution < -0.4 is 15.2 Å². The van der Waals surface area contributed by atoms with Gasteiger partial charge in [0, 0.05) is 6.54 Å². The molecule has 0 saturated carbocycles. The zero-order valence-electron chi connectivity index (χ0n) is 15.0. The minimum atomic E-state index is -0.395. The van der Waals surface area contributed by atoms with E-state index < -0.39 is 5.82 Å². The summed E-state index contributed by atoms with van der Waals surface area (Å²) in [4.78, 5) is 2.45. The number of likely N-dealkylation sites (tertiary alicyclic amines) is 1. The zero-order chi connectivity index (χ0) is 18.1. The predicted molar refractivity (Wildman–Crippen MR) is 99.0 cm³/mol. The number of rotatable bonds is 5. The van der Waals surface area contributed by atoms with E-state index in [-0.39, 0.29) is 17.9 Å². The summed E-state index contributed by atoms with van der Waals surface area (Å²) in [6.07, 6.45) is 1.81. The molecule has 2 aromatic rings. The van der Waals surface area contributed by atoms with Crippen LogP contribution >= 0.6 is 0 Å². The smallest absolute Gasteiger partial charge is 0.197 e. The molecule has 26 heavy (non-hydrogen) atoms. The van der Waals surface area contributed by atoms with Gasteiger partial charge in [-0.25, -0.2) is 4.39 Å². The van der Waals surface area contributed by atoms with Crippen molar-refractivity contribution in [1.82, 2.24) is 4.90 Å². The molecule has 0 aromatic heterocycles. The van der Waals surface area contributed by atoms with E-state index in [4.69, 9.17) is 15.2 Å². The number of para-hydroxylation sites is 1. The first-order valence-corrected chi connectivity index (χ1v) is 9.22. The van der Waals surface area contributed by atoms with Crippen LogP contribution in [-0.2, 0) is 6.42 Å². The molecule has 2 aliphatic rings. The molecule has 5 heteroatoms. The summed E-state index contributed by atoms with van der Waals surface area (Å²) in [7, 11) is 1.54. The van der Waals surface area contributed by atoms with Gasteiger partial charge >= 0.3 is 0 Å². The molecule has 4 rings (SSSR count). The average Bonchev–Trinajstić information content (AvgIpc) is 3.28.